The third kappa shape index (κ3) is 3.23. The lowest BCUT2D eigenvalue weighted by molar-refractivity contribution is -0.117. The van der Waals surface area contributed by atoms with Crippen LogP contribution in [0.25, 0.3) is 5.65 Å². The fraction of sp³-hybridized carbons (Fsp3) is 0.667. The van der Waals surface area contributed by atoms with E-state index in [-0.39, 0.29) is 23.6 Å². The van der Waals surface area contributed by atoms with Crippen molar-refractivity contribution in [3.8, 4) is 0 Å². The van der Waals surface area contributed by atoms with E-state index in [9.17, 15) is 9.18 Å². The summed E-state index contributed by atoms with van der Waals surface area (Å²) < 4.78 is 16.4. The molecule has 2 aromatic rings. The lowest BCUT2D eigenvalue weighted by Gasteiger charge is -2.43. The Morgan fingerprint density at radius 1 is 1.07 bits per heavy atom. The fourth-order valence-electron chi connectivity index (χ4n) is 5.23. The fourth-order valence-corrected chi connectivity index (χ4v) is 5.23. The van der Waals surface area contributed by atoms with Crippen molar-refractivity contribution in [3.05, 3.63) is 23.6 Å². The molecule has 2 aromatic heterocycles. The number of carbonyl (C=O) groups is 1. The maximum absolute atomic E-state index is 14.8. The molecule has 0 saturated heterocycles. The normalized spacial score (nSPS) is 23.0. The third-order valence-electron chi connectivity index (χ3n) is 7.01. The Morgan fingerprint density at radius 3 is 2.52 bits per heavy atom. The van der Waals surface area contributed by atoms with Crippen molar-refractivity contribution < 1.29 is 9.18 Å². The van der Waals surface area contributed by atoms with Gasteiger partial charge in [0.25, 0.3) is 0 Å². The van der Waals surface area contributed by atoms with Crippen molar-refractivity contribution in [3.63, 3.8) is 0 Å². The summed E-state index contributed by atoms with van der Waals surface area (Å²) in [5.74, 6) is 0.327. The highest BCUT2D eigenvalue weighted by molar-refractivity contribution is 5.92. The molecule has 3 saturated carbocycles. The molecule has 27 heavy (non-hydrogen) atoms. The van der Waals surface area contributed by atoms with Crippen molar-refractivity contribution in [1.29, 1.82) is 0 Å². The highest BCUT2D eigenvalue weighted by atomic mass is 19.1. The smallest absolute Gasteiger partial charge is 0.249 e. The monoisotopic (exact) mass is 370 g/mol. The average Bonchev–Trinajstić information content (AvgIpc) is 3.45. The topological polar surface area (TPSA) is 59.3 Å². The van der Waals surface area contributed by atoms with E-state index in [0.717, 1.165) is 25.7 Å². The molecule has 2 heterocycles. The quantitative estimate of drug-likeness (QED) is 0.842. The van der Waals surface area contributed by atoms with Crippen molar-refractivity contribution >= 4 is 17.5 Å². The van der Waals surface area contributed by atoms with Gasteiger partial charge in [-0.1, -0.05) is 19.3 Å². The molecule has 3 aliphatic rings. The van der Waals surface area contributed by atoms with E-state index >= 15 is 0 Å². The maximum atomic E-state index is 14.8. The molecule has 3 fully saturated rings. The summed E-state index contributed by atoms with van der Waals surface area (Å²) in [4.78, 5) is 16.4. The number of nitrogens with zero attached hydrogens (tertiary/aromatic N) is 3. The standard InChI is InChI=1S/C21H27FN4O/c22-16-6-7-17-23-20(24-19(27)15-4-5-15)25-26(17)18(16)14-8-12-21(13-9-14)10-2-1-3-11-21/h6-7,14-15H,1-5,8-13H2,(H,24,25,27). The first-order valence-electron chi connectivity index (χ1n) is 10.5. The highest BCUT2D eigenvalue weighted by Gasteiger charge is 2.38. The Balaban J connectivity index is 1.39. The summed E-state index contributed by atoms with van der Waals surface area (Å²) in [5, 5.41) is 7.22. The van der Waals surface area contributed by atoms with Crippen LogP contribution in [0.2, 0.25) is 0 Å². The summed E-state index contributed by atoms with van der Waals surface area (Å²) in [5.41, 5.74) is 1.75. The molecule has 144 valence electrons. The summed E-state index contributed by atoms with van der Waals surface area (Å²) in [6, 6.07) is 3.14. The minimum absolute atomic E-state index is 0.0233. The molecule has 5 nitrogen and oxygen atoms in total. The van der Waals surface area contributed by atoms with Crippen molar-refractivity contribution in [2.45, 2.75) is 76.5 Å². The van der Waals surface area contributed by atoms with Crippen LogP contribution < -0.4 is 5.32 Å². The first kappa shape index (κ1) is 17.1. The molecular weight excluding hydrogens is 343 g/mol. The Kier molecular flexibility index (Phi) is 4.17. The van der Waals surface area contributed by atoms with E-state index in [1.807, 2.05) is 0 Å². The largest absolute Gasteiger partial charge is 0.293 e. The zero-order chi connectivity index (χ0) is 18.4. The SMILES string of the molecule is O=C(Nc1nc2ccc(F)c(C3CCC4(CCCCC4)CC3)n2n1)C1CC1. The molecule has 1 spiro atoms. The van der Waals surface area contributed by atoms with Gasteiger partial charge in [-0.05, 0) is 68.9 Å². The second-order valence-electron chi connectivity index (χ2n) is 8.87. The Morgan fingerprint density at radius 2 is 1.81 bits per heavy atom. The summed E-state index contributed by atoms with van der Waals surface area (Å²) >= 11 is 0. The number of halogens is 1. The molecule has 5 rings (SSSR count). The van der Waals surface area contributed by atoms with Gasteiger partial charge < -0.3 is 0 Å². The van der Waals surface area contributed by atoms with Gasteiger partial charge >= 0.3 is 0 Å². The van der Waals surface area contributed by atoms with Crippen LogP contribution >= 0.6 is 0 Å². The zero-order valence-electron chi connectivity index (χ0n) is 15.7. The van der Waals surface area contributed by atoms with Gasteiger partial charge in [0.05, 0.1) is 5.69 Å². The van der Waals surface area contributed by atoms with Crippen LogP contribution in [0.4, 0.5) is 10.3 Å². The second kappa shape index (κ2) is 6.57. The van der Waals surface area contributed by atoms with Gasteiger partial charge in [-0.3, -0.25) is 10.1 Å². The Labute approximate surface area is 158 Å². The van der Waals surface area contributed by atoms with Gasteiger partial charge in [-0.25, -0.2) is 8.91 Å². The van der Waals surface area contributed by atoms with E-state index < -0.39 is 0 Å². The second-order valence-corrected chi connectivity index (χ2v) is 8.87. The van der Waals surface area contributed by atoms with Crippen LogP contribution in [0.3, 0.4) is 0 Å². The minimum Gasteiger partial charge on any atom is -0.293 e. The lowest BCUT2D eigenvalue weighted by atomic mass is 9.63. The molecular formula is C21H27FN4O. The van der Waals surface area contributed by atoms with Crippen LogP contribution in [0.1, 0.15) is 82.2 Å². The average molecular weight is 370 g/mol. The van der Waals surface area contributed by atoms with Crippen LogP contribution in [0.5, 0.6) is 0 Å². The minimum atomic E-state index is -0.211. The van der Waals surface area contributed by atoms with Crippen molar-refractivity contribution in [1.82, 2.24) is 14.6 Å². The van der Waals surface area contributed by atoms with E-state index in [0.29, 0.717) is 22.7 Å². The number of pyridine rings is 1. The van der Waals surface area contributed by atoms with Crippen LogP contribution in [0, 0.1) is 17.2 Å². The number of amides is 1. The Hall–Kier alpha value is -1.98. The number of hydrogen-bond acceptors (Lipinski definition) is 3. The van der Waals surface area contributed by atoms with Crippen LogP contribution in [-0.4, -0.2) is 20.5 Å². The predicted molar refractivity (Wildman–Crippen MR) is 101 cm³/mol. The molecule has 1 amide bonds. The first-order valence-corrected chi connectivity index (χ1v) is 10.5. The number of nitrogens with one attached hydrogen (secondary N) is 1. The molecule has 0 radical (unpaired) electrons. The van der Waals surface area contributed by atoms with Gasteiger partial charge in [0.2, 0.25) is 11.9 Å². The number of carbonyl (C=O) groups excluding carboxylic acids is 1. The Bertz CT molecular complexity index is 856. The molecule has 0 aliphatic heterocycles. The molecule has 0 bridgehead atoms. The molecule has 1 N–H and O–H groups in total. The van der Waals surface area contributed by atoms with Gasteiger partial charge in [-0.15, -0.1) is 5.10 Å². The number of aromatic nitrogens is 3. The van der Waals surface area contributed by atoms with Crippen molar-refractivity contribution in [2.75, 3.05) is 5.32 Å². The zero-order valence-corrected chi connectivity index (χ0v) is 15.7. The predicted octanol–water partition coefficient (Wildman–Crippen LogP) is 4.83. The molecule has 0 atom stereocenters. The van der Waals surface area contributed by atoms with E-state index in [4.69, 9.17) is 0 Å². The van der Waals surface area contributed by atoms with Gasteiger partial charge in [-0.2, -0.15) is 4.98 Å². The maximum Gasteiger partial charge on any atom is 0.249 e. The first-order chi connectivity index (χ1) is 13.1. The summed E-state index contributed by atoms with van der Waals surface area (Å²) in [7, 11) is 0. The van der Waals surface area contributed by atoms with Crippen LogP contribution in [-0.2, 0) is 4.79 Å². The van der Waals surface area contributed by atoms with E-state index in [1.165, 1.54) is 51.0 Å². The number of hydrogen-bond donors (Lipinski definition) is 1. The van der Waals surface area contributed by atoms with E-state index in [1.54, 1.807) is 10.6 Å². The van der Waals surface area contributed by atoms with Crippen LogP contribution in [0.15, 0.2) is 12.1 Å². The molecule has 0 aromatic carbocycles. The van der Waals surface area contributed by atoms with Gasteiger partial charge in [0.15, 0.2) is 5.65 Å². The highest BCUT2D eigenvalue weighted by Crippen LogP contribution is 2.51. The summed E-state index contributed by atoms with van der Waals surface area (Å²) in [6.07, 6.45) is 13.0. The van der Waals surface area contributed by atoms with Gasteiger partial charge in [0, 0.05) is 11.8 Å². The molecule has 3 aliphatic carbocycles. The summed E-state index contributed by atoms with van der Waals surface area (Å²) in [6.45, 7) is 0. The molecule has 6 heteroatoms. The number of fused-ring (bicyclic) bond motifs is 1. The van der Waals surface area contributed by atoms with E-state index in [2.05, 4.69) is 15.4 Å². The lowest BCUT2D eigenvalue weighted by Crippen LogP contribution is -2.30. The van der Waals surface area contributed by atoms with Crippen molar-refractivity contribution in [2.24, 2.45) is 11.3 Å². The third-order valence-corrected chi connectivity index (χ3v) is 7.01. The number of rotatable bonds is 3. The molecule has 0 unspecified atom stereocenters. The van der Waals surface area contributed by atoms with Gasteiger partial charge in [0.1, 0.15) is 5.82 Å². The number of anilines is 1.